The molecule has 0 fully saturated rings. The summed E-state index contributed by atoms with van der Waals surface area (Å²) in [6.07, 6.45) is 4.86. The Morgan fingerprint density at radius 1 is 1.24 bits per heavy atom. The molecule has 1 aromatic carbocycles. The third-order valence-corrected chi connectivity index (χ3v) is 4.42. The zero-order valence-corrected chi connectivity index (χ0v) is 14.1. The van der Waals surface area contributed by atoms with Gasteiger partial charge in [0.25, 0.3) is 0 Å². The maximum absolute atomic E-state index is 11.2. The molecule has 0 bridgehead atoms. The molecule has 1 unspecified atom stereocenters. The van der Waals surface area contributed by atoms with Gasteiger partial charge in [-0.3, -0.25) is 0 Å². The summed E-state index contributed by atoms with van der Waals surface area (Å²) < 4.78 is 27.6. The van der Waals surface area contributed by atoms with Crippen molar-refractivity contribution in [3.8, 4) is 5.75 Å². The van der Waals surface area contributed by atoms with E-state index in [4.69, 9.17) is 4.74 Å². The standard InChI is InChI=1S/C16H27NO3S/c1-4-11-17-15(6-5-12-21(3,18)19)13-14-7-9-16(20-2)10-8-14/h7-10,15,17H,4-6,11-13H2,1-3H3. The lowest BCUT2D eigenvalue weighted by Gasteiger charge is -2.18. The van der Waals surface area contributed by atoms with Gasteiger partial charge in [-0.05, 0) is 49.9 Å². The molecule has 0 saturated carbocycles. The summed E-state index contributed by atoms with van der Waals surface area (Å²) >= 11 is 0. The number of benzene rings is 1. The van der Waals surface area contributed by atoms with Crippen LogP contribution in [0.4, 0.5) is 0 Å². The lowest BCUT2D eigenvalue weighted by molar-refractivity contribution is 0.414. The average molecular weight is 313 g/mol. The van der Waals surface area contributed by atoms with E-state index < -0.39 is 9.84 Å². The summed E-state index contributed by atoms with van der Waals surface area (Å²) in [6.45, 7) is 3.09. The van der Waals surface area contributed by atoms with E-state index in [0.29, 0.717) is 12.5 Å². The predicted molar refractivity (Wildman–Crippen MR) is 87.7 cm³/mol. The summed E-state index contributed by atoms with van der Waals surface area (Å²) in [4.78, 5) is 0. The lowest BCUT2D eigenvalue weighted by atomic mass is 10.0. The summed E-state index contributed by atoms with van der Waals surface area (Å²) in [5.41, 5.74) is 1.24. The molecule has 120 valence electrons. The number of hydrogen-bond acceptors (Lipinski definition) is 4. The minimum absolute atomic E-state index is 0.264. The Morgan fingerprint density at radius 3 is 2.43 bits per heavy atom. The van der Waals surface area contributed by atoms with Crippen LogP contribution in [0.25, 0.3) is 0 Å². The topological polar surface area (TPSA) is 55.4 Å². The minimum Gasteiger partial charge on any atom is -0.497 e. The Hall–Kier alpha value is -1.07. The van der Waals surface area contributed by atoms with Crippen molar-refractivity contribution >= 4 is 9.84 Å². The highest BCUT2D eigenvalue weighted by molar-refractivity contribution is 7.90. The smallest absolute Gasteiger partial charge is 0.147 e. The molecule has 0 spiro atoms. The molecule has 1 aromatic rings. The number of sulfone groups is 1. The highest BCUT2D eigenvalue weighted by atomic mass is 32.2. The van der Waals surface area contributed by atoms with Gasteiger partial charge in [0, 0.05) is 18.1 Å². The van der Waals surface area contributed by atoms with Crippen molar-refractivity contribution in [3.05, 3.63) is 29.8 Å². The van der Waals surface area contributed by atoms with Crippen molar-refractivity contribution < 1.29 is 13.2 Å². The van der Waals surface area contributed by atoms with Crippen LogP contribution in [0, 0.1) is 0 Å². The fourth-order valence-corrected chi connectivity index (χ4v) is 2.95. The van der Waals surface area contributed by atoms with Gasteiger partial charge >= 0.3 is 0 Å². The van der Waals surface area contributed by atoms with Crippen LogP contribution in [-0.2, 0) is 16.3 Å². The first-order valence-electron chi connectivity index (χ1n) is 7.48. The number of methoxy groups -OCH3 is 1. The van der Waals surface area contributed by atoms with Gasteiger partial charge in [0.2, 0.25) is 0 Å². The highest BCUT2D eigenvalue weighted by Crippen LogP contribution is 2.14. The second-order valence-corrected chi connectivity index (χ2v) is 7.74. The number of hydrogen-bond donors (Lipinski definition) is 1. The predicted octanol–water partition coefficient (Wildman–Crippen LogP) is 2.43. The molecule has 0 amide bonds. The molecule has 0 aliphatic heterocycles. The van der Waals surface area contributed by atoms with Gasteiger partial charge in [-0.15, -0.1) is 0 Å². The Morgan fingerprint density at radius 2 is 1.90 bits per heavy atom. The van der Waals surface area contributed by atoms with E-state index in [9.17, 15) is 8.42 Å². The molecular weight excluding hydrogens is 286 g/mol. The molecule has 1 N–H and O–H groups in total. The average Bonchev–Trinajstić information content (AvgIpc) is 2.44. The third-order valence-electron chi connectivity index (χ3n) is 3.39. The van der Waals surface area contributed by atoms with E-state index in [1.807, 2.05) is 12.1 Å². The van der Waals surface area contributed by atoms with Gasteiger partial charge in [-0.1, -0.05) is 19.1 Å². The van der Waals surface area contributed by atoms with Gasteiger partial charge < -0.3 is 10.1 Å². The lowest BCUT2D eigenvalue weighted by Crippen LogP contribution is -2.32. The van der Waals surface area contributed by atoms with Crippen LogP contribution in [0.5, 0.6) is 5.75 Å². The zero-order chi connectivity index (χ0) is 15.7. The maximum Gasteiger partial charge on any atom is 0.147 e. The number of ether oxygens (including phenoxy) is 1. The second-order valence-electron chi connectivity index (χ2n) is 5.48. The summed E-state index contributed by atoms with van der Waals surface area (Å²) in [6, 6.07) is 8.37. The van der Waals surface area contributed by atoms with Crippen LogP contribution < -0.4 is 10.1 Å². The molecule has 0 aromatic heterocycles. The van der Waals surface area contributed by atoms with Crippen LogP contribution in [-0.4, -0.2) is 40.1 Å². The zero-order valence-electron chi connectivity index (χ0n) is 13.3. The Kier molecular flexibility index (Phi) is 7.75. The highest BCUT2D eigenvalue weighted by Gasteiger charge is 2.11. The second kappa shape index (κ2) is 9.05. The summed E-state index contributed by atoms with van der Waals surface area (Å²) in [5.74, 6) is 1.12. The molecule has 0 saturated heterocycles. The maximum atomic E-state index is 11.2. The van der Waals surface area contributed by atoms with Crippen molar-refractivity contribution in [3.63, 3.8) is 0 Å². The monoisotopic (exact) mass is 313 g/mol. The molecule has 1 atom stereocenters. The largest absolute Gasteiger partial charge is 0.497 e. The normalized spacial score (nSPS) is 13.1. The molecular formula is C16H27NO3S. The Balaban J connectivity index is 2.55. The number of rotatable bonds is 10. The molecule has 1 rings (SSSR count). The fourth-order valence-electron chi connectivity index (χ4n) is 2.26. The van der Waals surface area contributed by atoms with Gasteiger partial charge in [0.05, 0.1) is 7.11 Å². The van der Waals surface area contributed by atoms with E-state index in [2.05, 4.69) is 24.4 Å². The minimum atomic E-state index is -2.87. The molecule has 4 nitrogen and oxygen atoms in total. The quantitative estimate of drug-likeness (QED) is 0.721. The molecule has 0 aliphatic carbocycles. The summed E-state index contributed by atoms with van der Waals surface area (Å²) in [5, 5.41) is 3.51. The van der Waals surface area contributed by atoms with Crippen LogP contribution in [0.3, 0.4) is 0 Å². The molecule has 0 aliphatic rings. The first kappa shape index (κ1) is 18.0. The van der Waals surface area contributed by atoms with Crippen LogP contribution in [0.2, 0.25) is 0 Å². The van der Waals surface area contributed by atoms with Crippen molar-refractivity contribution in [2.24, 2.45) is 0 Å². The fraction of sp³-hybridized carbons (Fsp3) is 0.625. The van der Waals surface area contributed by atoms with E-state index in [1.54, 1.807) is 7.11 Å². The molecule has 5 heteroatoms. The summed E-state index contributed by atoms with van der Waals surface area (Å²) in [7, 11) is -1.21. The van der Waals surface area contributed by atoms with Crippen LogP contribution in [0.15, 0.2) is 24.3 Å². The van der Waals surface area contributed by atoms with Crippen molar-refractivity contribution in [1.82, 2.24) is 5.32 Å². The van der Waals surface area contributed by atoms with Crippen LogP contribution in [0.1, 0.15) is 31.7 Å². The van der Waals surface area contributed by atoms with Gasteiger partial charge in [0.15, 0.2) is 0 Å². The Labute approximate surface area is 128 Å². The van der Waals surface area contributed by atoms with Crippen molar-refractivity contribution in [2.45, 2.75) is 38.6 Å². The van der Waals surface area contributed by atoms with E-state index in [-0.39, 0.29) is 5.75 Å². The van der Waals surface area contributed by atoms with E-state index in [0.717, 1.165) is 31.6 Å². The molecule has 0 heterocycles. The SMILES string of the molecule is CCCNC(CCCS(C)(=O)=O)Cc1ccc(OC)cc1. The Bertz CT molecular complexity index is 497. The molecule has 21 heavy (non-hydrogen) atoms. The van der Waals surface area contributed by atoms with E-state index in [1.165, 1.54) is 11.8 Å². The van der Waals surface area contributed by atoms with Crippen molar-refractivity contribution in [1.29, 1.82) is 0 Å². The first-order valence-corrected chi connectivity index (χ1v) is 9.54. The van der Waals surface area contributed by atoms with Crippen molar-refractivity contribution in [2.75, 3.05) is 25.7 Å². The van der Waals surface area contributed by atoms with Gasteiger partial charge in [-0.25, -0.2) is 8.42 Å². The molecule has 0 radical (unpaired) electrons. The first-order chi connectivity index (χ1) is 9.94. The van der Waals surface area contributed by atoms with E-state index >= 15 is 0 Å². The third kappa shape index (κ3) is 8.07. The van der Waals surface area contributed by atoms with Gasteiger partial charge in [-0.2, -0.15) is 0 Å². The van der Waals surface area contributed by atoms with Crippen LogP contribution >= 0.6 is 0 Å². The number of nitrogens with one attached hydrogen (secondary N) is 1. The van der Waals surface area contributed by atoms with Gasteiger partial charge in [0.1, 0.15) is 15.6 Å².